The molecule has 264 valence electrons. The van der Waals surface area contributed by atoms with Crippen molar-refractivity contribution in [3.05, 3.63) is 144 Å². The monoisotopic (exact) mass is 705 g/mol. The Labute approximate surface area is 299 Å². The molecule has 0 spiro atoms. The van der Waals surface area contributed by atoms with Gasteiger partial charge in [0.1, 0.15) is 6.04 Å². The van der Waals surface area contributed by atoms with Crippen LogP contribution in [0.2, 0.25) is 0 Å². The van der Waals surface area contributed by atoms with Crippen LogP contribution >= 0.6 is 0 Å². The van der Waals surface area contributed by atoms with Crippen molar-refractivity contribution in [1.82, 2.24) is 10.6 Å². The lowest BCUT2D eigenvalue weighted by Gasteiger charge is -2.31. The second kappa shape index (κ2) is 16.8. The number of nitrogens with one attached hydrogen (secondary N) is 3. The number of aryl methyl sites for hydroxylation is 1. The highest BCUT2D eigenvalue weighted by molar-refractivity contribution is 7.91. The Morgan fingerprint density at radius 1 is 0.784 bits per heavy atom. The van der Waals surface area contributed by atoms with Crippen molar-refractivity contribution in [2.45, 2.75) is 48.3 Å². The number of morpholine rings is 1. The molecule has 10 heteroatoms. The third kappa shape index (κ3) is 9.21. The van der Waals surface area contributed by atoms with Crippen molar-refractivity contribution in [2.75, 3.05) is 31.3 Å². The molecule has 0 saturated carbocycles. The van der Waals surface area contributed by atoms with E-state index in [4.69, 9.17) is 9.47 Å². The Kier molecular flexibility index (Phi) is 11.8. The fourth-order valence-electron chi connectivity index (χ4n) is 6.65. The average Bonchev–Trinajstić information content (AvgIpc) is 3.17. The lowest BCUT2D eigenvalue weighted by Crippen LogP contribution is -2.48. The van der Waals surface area contributed by atoms with Crippen molar-refractivity contribution in [2.24, 2.45) is 0 Å². The molecule has 1 aliphatic heterocycles. The van der Waals surface area contributed by atoms with Crippen LogP contribution in [0.15, 0.2) is 132 Å². The fourth-order valence-corrected chi connectivity index (χ4v) is 8.04. The summed E-state index contributed by atoms with van der Waals surface area (Å²) in [4.78, 5) is 27.0. The Morgan fingerprint density at radius 2 is 1.39 bits per heavy atom. The number of methoxy groups -OCH3 is 1. The van der Waals surface area contributed by atoms with Gasteiger partial charge in [-0.1, -0.05) is 109 Å². The zero-order valence-electron chi connectivity index (χ0n) is 28.5. The van der Waals surface area contributed by atoms with Gasteiger partial charge in [-0.05, 0) is 64.9 Å². The van der Waals surface area contributed by atoms with Crippen molar-refractivity contribution in [3.63, 3.8) is 0 Å². The lowest BCUT2D eigenvalue weighted by atomic mass is 9.84. The van der Waals surface area contributed by atoms with Crippen molar-refractivity contribution in [3.8, 4) is 0 Å². The van der Waals surface area contributed by atoms with Gasteiger partial charge >= 0.3 is 6.09 Å². The quantitative estimate of drug-likeness (QED) is 0.128. The molecule has 3 atom stereocenters. The number of benzene rings is 5. The second-order valence-electron chi connectivity index (χ2n) is 12.8. The molecule has 1 fully saturated rings. The number of hydrogen-bond donors (Lipinski definition) is 3. The van der Waals surface area contributed by atoms with E-state index in [0.29, 0.717) is 42.9 Å². The third-order valence-corrected chi connectivity index (χ3v) is 11.1. The summed E-state index contributed by atoms with van der Waals surface area (Å²) in [5.74, 6) is -0.872. The van der Waals surface area contributed by atoms with E-state index >= 15 is 0 Å². The Bertz CT molecular complexity index is 2000. The molecule has 1 heterocycles. The van der Waals surface area contributed by atoms with Crippen LogP contribution in [-0.4, -0.2) is 64.6 Å². The highest BCUT2D eigenvalue weighted by atomic mass is 32.2. The van der Waals surface area contributed by atoms with Gasteiger partial charge in [0.2, 0.25) is 5.91 Å². The molecule has 5 aromatic rings. The smallest absolute Gasteiger partial charge is 0.407 e. The van der Waals surface area contributed by atoms with E-state index in [-0.39, 0.29) is 23.9 Å². The first-order valence-electron chi connectivity index (χ1n) is 17.2. The minimum atomic E-state index is -3.48. The number of ether oxygens (including phenoxy) is 2. The standard InChI is InChI=1S/C41H43N3O6S/c1-49-41(46)44-39(38(31-14-4-2-5-15-31)32-16-6-3-7-17-32)40(45)43-37-19-11-10-13-30(37)20-22-34-27-42-28-35(50-34)24-25-51(47,48)36-23-21-29-12-8-9-18-33(29)26-36/h2-19,21,23,26,34-35,38-39,42H,20,22,24-25,27-28H2,1H3,(H,43,45)(H,44,46). The first kappa shape index (κ1) is 35.8. The van der Waals surface area contributed by atoms with E-state index in [1.54, 1.807) is 12.1 Å². The number of fused-ring (bicyclic) bond motifs is 1. The third-order valence-electron chi connectivity index (χ3n) is 9.32. The summed E-state index contributed by atoms with van der Waals surface area (Å²) in [7, 11) is -2.21. The molecule has 9 nitrogen and oxygen atoms in total. The van der Waals surface area contributed by atoms with E-state index in [2.05, 4.69) is 16.0 Å². The van der Waals surface area contributed by atoms with E-state index in [1.807, 2.05) is 115 Å². The van der Waals surface area contributed by atoms with E-state index in [9.17, 15) is 18.0 Å². The summed E-state index contributed by atoms with van der Waals surface area (Å²) < 4.78 is 37.8. The summed E-state index contributed by atoms with van der Waals surface area (Å²) in [6, 6.07) is 38.8. The summed E-state index contributed by atoms with van der Waals surface area (Å²) in [5, 5.41) is 11.2. The van der Waals surface area contributed by atoms with Crippen LogP contribution in [0, 0.1) is 0 Å². The highest BCUT2D eigenvalue weighted by Gasteiger charge is 2.33. The molecule has 1 saturated heterocycles. The molecule has 2 amide bonds. The number of anilines is 1. The Balaban J connectivity index is 1.11. The van der Waals surface area contributed by atoms with Gasteiger partial charge < -0.3 is 25.4 Å². The molecule has 51 heavy (non-hydrogen) atoms. The van der Waals surface area contributed by atoms with Gasteiger partial charge in [-0.25, -0.2) is 13.2 Å². The first-order chi connectivity index (χ1) is 24.8. The normalized spacial score (nSPS) is 16.7. The van der Waals surface area contributed by atoms with Crippen LogP contribution in [0.1, 0.15) is 35.4 Å². The maximum Gasteiger partial charge on any atom is 0.407 e. The maximum atomic E-state index is 14.1. The van der Waals surface area contributed by atoms with Crippen molar-refractivity contribution >= 4 is 38.3 Å². The predicted molar refractivity (Wildman–Crippen MR) is 200 cm³/mol. The van der Waals surface area contributed by atoms with Crippen molar-refractivity contribution in [1.29, 1.82) is 0 Å². The van der Waals surface area contributed by atoms with E-state index in [0.717, 1.165) is 27.5 Å². The van der Waals surface area contributed by atoms with Gasteiger partial charge in [-0.2, -0.15) is 0 Å². The number of alkyl carbamates (subject to hydrolysis) is 1. The van der Waals surface area contributed by atoms with Crippen LogP contribution < -0.4 is 16.0 Å². The zero-order valence-corrected chi connectivity index (χ0v) is 29.4. The average molecular weight is 706 g/mol. The predicted octanol–water partition coefficient (Wildman–Crippen LogP) is 6.49. The molecule has 3 N–H and O–H groups in total. The number of hydrogen-bond acceptors (Lipinski definition) is 7. The molecular weight excluding hydrogens is 663 g/mol. The van der Waals surface area contributed by atoms with Gasteiger partial charge in [0.15, 0.2) is 9.84 Å². The van der Waals surface area contributed by atoms with E-state index < -0.39 is 27.9 Å². The number of sulfone groups is 1. The van der Waals surface area contributed by atoms with Gasteiger partial charge in [0.05, 0.1) is 30.0 Å². The number of para-hydroxylation sites is 1. The fraction of sp³-hybridized carbons (Fsp3) is 0.268. The maximum absolute atomic E-state index is 14.1. The second-order valence-corrected chi connectivity index (χ2v) is 14.9. The van der Waals surface area contributed by atoms with Gasteiger partial charge in [0, 0.05) is 24.7 Å². The molecular formula is C41H43N3O6S. The van der Waals surface area contributed by atoms with E-state index in [1.165, 1.54) is 7.11 Å². The molecule has 0 radical (unpaired) electrons. The van der Waals surface area contributed by atoms with Crippen LogP contribution in [0.5, 0.6) is 0 Å². The molecule has 1 aliphatic rings. The van der Waals surface area contributed by atoms with Gasteiger partial charge in [0.25, 0.3) is 0 Å². The Morgan fingerprint density at radius 3 is 2.08 bits per heavy atom. The molecule has 5 aromatic carbocycles. The Hall–Kier alpha value is -5.03. The van der Waals surface area contributed by atoms with Gasteiger partial charge in [-0.15, -0.1) is 0 Å². The van der Waals surface area contributed by atoms with Gasteiger partial charge in [-0.3, -0.25) is 4.79 Å². The molecule has 0 aromatic heterocycles. The lowest BCUT2D eigenvalue weighted by molar-refractivity contribution is -0.118. The van der Waals surface area contributed by atoms with Crippen LogP contribution in [-0.2, 0) is 30.5 Å². The van der Waals surface area contributed by atoms with Crippen LogP contribution in [0.4, 0.5) is 10.5 Å². The molecule has 6 rings (SSSR count). The topological polar surface area (TPSA) is 123 Å². The number of carbonyl (C=O) groups is 2. The van der Waals surface area contributed by atoms with Crippen LogP contribution in [0.25, 0.3) is 10.8 Å². The minimum absolute atomic E-state index is 0.00694. The molecule has 0 bridgehead atoms. The molecule has 0 aliphatic carbocycles. The summed E-state index contributed by atoms with van der Waals surface area (Å²) >= 11 is 0. The van der Waals surface area contributed by atoms with Crippen LogP contribution in [0.3, 0.4) is 0 Å². The minimum Gasteiger partial charge on any atom is -0.453 e. The molecule has 3 unspecified atom stereocenters. The summed E-state index contributed by atoms with van der Waals surface area (Å²) in [6.07, 6.45) is 0.568. The number of carbonyl (C=O) groups excluding carboxylic acids is 2. The zero-order chi connectivity index (χ0) is 35.6. The number of rotatable bonds is 13. The SMILES string of the molecule is COC(=O)NC(C(=O)Nc1ccccc1CCC1CNCC(CCS(=O)(=O)c2ccc3ccccc3c2)O1)C(c1ccccc1)c1ccccc1. The first-order valence-corrected chi connectivity index (χ1v) is 18.9. The number of amides is 2. The summed E-state index contributed by atoms with van der Waals surface area (Å²) in [5.41, 5.74) is 3.30. The van der Waals surface area contributed by atoms with Crippen molar-refractivity contribution < 1.29 is 27.5 Å². The highest BCUT2D eigenvalue weighted by Crippen LogP contribution is 2.30. The largest absolute Gasteiger partial charge is 0.453 e. The summed E-state index contributed by atoms with van der Waals surface area (Å²) in [6.45, 7) is 1.22.